The lowest BCUT2D eigenvalue weighted by Gasteiger charge is -2.22. The number of hydrogen-bond acceptors (Lipinski definition) is 3. The van der Waals surface area contributed by atoms with Gasteiger partial charge in [0.25, 0.3) is 0 Å². The summed E-state index contributed by atoms with van der Waals surface area (Å²) in [5.41, 5.74) is -0.909. The van der Waals surface area contributed by atoms with E-state index in [1.807, 2.05) is 0 Å². The highest BCUT2D eigenvalue weighted by atomic mass is 16.2. The van der Waals surface area contributed by atoms with Crippen LogP contribution in [0.2, 0.25) is 0 Å². The molecule has 0 saturated heterocycles. The summed E-state index contributed by atoms with van der Waals surface area (Å²) in [6, 6.07) is 1.85. The van der Waals surface area contributed by atoms with E-state index in [0.29, 0.717) is 12.8 Å². The van der Waals surface area contributed by atoms with Crippen molar-refractivity contribution in [3.8, 4) is 6.07 Å². The average molecular weight is 249 g/mol. The number of nitriles is 1. The van der Waals surface area contributed by atoms with Crippen molar-refractivity contribution in [1.82, 2.24) is 10.6 Å². The molecule has 5 nitrogen and oxygen atoms in total. The van der Waals surface area contributed by atoms with Crippen LogP contribution in [-0.2, 0) is 9.59 Å². The van der Waals surface area contributed by atoms with E-state index in [4.69, 9.17) is 0 Å². The molecule has 18 heavy (non-hydrogen) atoms. The first-order chi connectivity index (χ1) is 8.57. The van der Waals surface area contributed by atoms with Gasteiger partial charge in [-0.05, 0) is 32.6 Å². The van der Waals surface area contributed by atoms with E-state index in [0.717, 1.165) is 25.7 Å². The van der Waals surface area contributed by atoms with Crippen LogP contribution < -0.4 is 10.6 Å². The summed E-state index contributed by atoms with van der Waals surface area (Å²) in [6.07, 6.45) is 5.06. The van der Waals surface area contributed by atoms with Crippen LogP contribution in [0.5, 0.6) is 0 Å². The molecule has 0 aromatic carbocycles. The summed E-state index contributed by atoms with van der Waals surface area (Å²) in [5, 5.41) is 14.7. The highest BCUT2D eigenvalue weighted by Crippen LogP contribution is 2.37. The monoisotopic (exact) mass is 249 g/mol. The maximum absolute atomic E-state index is 12.1. The van der Waals surface area contributed by atoms with Crippen molar-refractivity contribution >= 4 is 11.8 Å². The third-order valence-electron chi connectivity index (χ3n) is 3.77. The van der Waals surface area contributed by atoms with Crippen molar-refractivity contribution in [3.05, 3.63) is 0 Å². The predicted molar refractivity (Wildman–Crippen MR) is 65.3 cm³/mol. The van der Waals surface area contributed by atoms with Crippen molar-refractivity contribution in [2.75, 3.05) is 0 Å². The Morgan fingerprint density at radius 3 is 2.44 bits per heavy atom. The fraction of sp³-hybridized carbons (Fsp3) is 0.769. The lowest BCUT2D eigenvalue weighted by molar-refractivity contribution is -0.132. The molecule has 2 N–H and O–H groups in total. The van der Waals surface area contributed by atoms with Gasteiger partial charge < -0.3 is 10.6 Å². The lowest BCUT2D eigenvalue weighted by Crippen LogP contribution is -2.49. The molecule has 1 unspecified atom stereocenters. The summed E-state index contributed by atoms with van der Waals surface area (Å²) in [5.74, 6) is -0.446. The van der Waals surface area contributed by atoms with Gasteiger partial charge in [0.2, 0.25) is 11.8 Å². The number of nitrogens with zero attached hydrogens (tertiary/aromatic N) is 1. The van der Waals surface area contributed by atoms with Gasteiger partial charge in [-0.25, -0.2) is 0 Å². The van der Waals surface area contributed by atoms with Crippen LogP contribution in [0.4, 0.5) is 0 Å². The Bertz CT molecular complexity index is 390. The minimum atomic E-state index is -0.909. The second-order valence-electron chi connectivity index (χ2n) is 5.38. The van der Waals surface area contributed by atoms with Crippen molar-refractivity contribution in [1.29, 1.82) is 5.26 Å². The molecule has 5 heteroatoms. The molecule has 0 bridgehead atoms. The van der Waals surface area contributed by atoms with Crippen molar-refractivity contribution in [2.45, 2.75) is 57.5 Å². The SMILES string of the molecule is CC(NC(=O)C1(C#N)CCCC1)C(=O)NC1CC1. The summed E-state index contributed by atoms with van der Waals surface area (Å²) < 4.78 is 0. The van der Waals surface area contributed by atoms with Crippen LogP contribution in [0.25, 0.3) is 0 Å². The van der Waals surface area contributed by atoms with Gasteiger partial charge in [-0.2, -0.15) is 5.26 Å². The molecule has 2 aliphatic rings. The summed E-state index contributed by atoms with van der Waals surface area (Å²) in [6.45, 7) is 1.66. The van der Waals surface area contributed by atoms with Crippen molar-refractivity contribution in [3.63, 3.8) is 0 Å². The van der Waals surface area contributed by atoms with Crippen LogP contribution in [0, 0.1) is 16.7 Å². The van der Waals surface area contributed by atoms with Crippen molar-refractivity contribution < 1.29 is 9.59 Å². The standard InChI is InChI=1S/C13H19N3O2/c1-9(11(17)16-10-4-5-10)15-12(18)13(8-14)6-2-3-7-13/h9-10H,2-7H2,1H3,(H,15,18)(H,16,17). The van der Waals surface area contributed by atoms with Gasteiger partial charge in [-0.1, -0.05) is 12.8 Å². The molecule has 2 fully saturated rings. The van der Waals surface area contributed by atoms with Gasteiger partial charge in [0.15, 0.2) is 0 Å². The second-order valence-corrected chi connectivity index (χ2v) is 5.38. The maximum atomic E-state index is 12.1. The molecule has 1 atom stereocenters. The summed E-state index contributed by atoms with van der Waals surface area (Å²) >= 11 is 0. The Hall–Kier alpha value is -1.57. The molecular formula is C13H19N3O2. The van der Waals surface area contributed by atoms with Gasteiger partial charge in [-0.3, -0.25) is 9.59 Å². The van der Waals surface area contributed by atoms with Gasteiger partial charge in [0.1, 0.15) is 11.5 Å². The van der Waals surface area contributed by atoms with Crippen LogP contribution in [0.3, 0.4) is 0 Å². The Kier molecular flexibility index (Phi) is 3.55. The van der Waals surface area contributed by atoms with E-state index >= 15 is 0 Å². The number of carbonyl (C=O) groups excluding carboxylic acids is 2. The van der Waals surface area contributed by atoms with Gasteiger partial charge in [-0.15, -0.1) is 0 Å². The second kappa shape index (κ2) is 4.97. The van der Waals surface area contributed by atoms with Gasteiger partial charge in [0.05, 0.1) is 6.07 Å². The molecule has 0 aliphatic heterocycles. The molecule has 98 valence electrons. The first-order valence-electron chi connectivity index (χ1n) is 6.60. The van der Waals surface area contributed by atoms with Gasteiger partial charge in [0, 0.05) is 6.04 Å². The minimum Gasteiger partial charge on any atom is -0.352 e. The molecule has 0 spiro atoms. The van der Waals surface area contributed by atoms with Crippen LogP contribution in [0.15, 0.2) is 0 Å². The Morgan fingerprint density at radius 2 is 1.94 bits per heavy atom. The Morgan fingerprint density at radius 1 is 1.33 bits per heavy atom. The zero-order valence-corrected chi connectivity index (χ0v) is 10.7. The molecule has 2 amide bonds. The van der Waals surface area contributed by atoms with Crippen LogP contribution in [0.1, 0.15) is 45.4 Å². The Balaban J connectivity index is 1.89. The first-order valence-corrected chi connectivity index (χ1v) is 6.60. The normalized spacial score (nSPS) is 22.9. The fourth-order valence-electron chi connectivity index (χ4n) is 2.32. The lowest BCUT2D eigenvalue weighted by atomic mass is 9.87. The quantitative estimate of drug-likeness (QED) is 0.775. The molecular weight excluding hydrogens is 230 g/mol. The number of carbonyl (C=O) groups is 2. The maximum Gasteiger partial charge on any atom is 0.242 e. The highest BCUT2D eigenvalue weighted by molar-refractivity contribution is 5.91. The highest BCUT2D eigenvalue weighted by Gasteiger charge is 2.42. The first kappa shape index (κ1) is 12.9. The van der Waals surface area contributed by atoms with E-state index in [2.05, 4.69) is 16.7 Å². The minimum absolute atomic E-state index is 0.156. The third-order valence-corrected chi connectivity index (χ3v) is 3.77. The van der Waals surface area contributed by atoms with E-state index in [9.17, 15) is 14.9 Å². The topological polar surface area (TPSA) is 82.0 Å². The van der Waals surface area contributed by atoms with E-state index in [1.165, 1.54) is 0 Å². The third kappa shape index (κ3) is 2.63. The van der Waals surface area contributed by atoms with E-state index in [-0.39, 0.29) is 17.9 Å². The summed E-state index contributed by atoms with van der Waals surface area (Å²) in [4.78, 5) is 23.8. The van der Waals surface area contributed by atoms with E-state index in [1.54, 1.807) is 6.92 Å². The number of amides is 2. The molecule has 2 rings (SSSR count). The fourth-order valence-corrected chi connectivity index (χ4v) is 2.32. The molecule has 2 aliphatic carbocycles. The molecule has 0 aromatic heterocycles. The van der Waals surface area contributed by atoms with E-state index < -0.39 is 11.5 Å². The number of nitrogens with one attached hydrogen (secondary N) is 2. The van der Waals surface area contributed by atoms with Crippen molar-refractivity contribution in [2.24, 2.45) is 5.41 Å². The predicted octanol–water partition coefficient (Wildman–Crippen LogP) is 0.854. The zero-order chi connectivity index (χ0) is 13.2. The average Bonchev–Trinajstić information content (AvgIpc) is 3.03. The molecule has 0 aromatic rings. The largest absolute Gasteiger partial charge is 0.352 e. The number of hydrogen-bond donors (Lipinski definition) is 2. The van der Waals surface area contributed by atoms with Crippen LogP contribution in [-0.4, -0.2) is 23.9 Å². The smallest absolute Gasteiger partial charge is 0.242 e. The van der Waals surface area contributed by atoms with Gasteiger partial charge >= 0.3 is 0 Å². The molecule has 2 saturated carbocycles. The molecule has 0 radical (unpaired) electrons. The van der Waals surface area contributed by atoms with Crippen LogP contribution >= 0.6 is 0 Å². The number of rotatable bonds is 4. The Labute approximate surface area is 107 Å². The zero-order valence-electron chi connectivity index (χ0n) is 10.7. The summed E-state index contributed by atoms with van der Waals surface area (Å²) in [7, 11) is 0. The molecule has 0 heterocycles.